The molecule has 1 radical (unpaired) electrons. The van der Waals surface area contributed by atoms with Crippen molar-refractivity contribution >= 4 is 44.7 Å². The van der Waals surface area contributed by atoms with Gasteiger partial charge in [0.05, 0.1) is 0 Å². The number of allylic oxidation sites excluding steroid dienone is 2. The molecule has 0 bridgehead atoms. The first kappa shape index (κ1) is 26.2. The van der Waals surface area contributed by atoms with Gasteiger partial charge < -0.3 is 28.9 Å². The van der Waals surface area contributed by atoms with Crippen molar-refractivity contribution in [2.45, 2.75) is 13.8 Å². The molecule has 4 heterocycles. The maximum Gasteiger partial charge on any atom is 2.00 e. The Hall–Kier alpha value is -4.99. The first-order valence-electron chi connectivity index (χ1n) is 12.7. The molecular weight excluding hydrogens is 563 g/mol. The van der Waals surface area contributed by atoms with Gasteiger partial charge in [0.15, 0.2) is 11.2 Å². The molecule has 6 aromatic rings. The van der Waals surface area contributed by atoms with Gasteiger partial charge in [0.25, 0.3) is 0 Å². The summed E-state index contributed by atoms with van der Waals surface area (Å²) in [6.45, 7) is 3.80. The van der Waals surface area contributed by atoms with E-state index in [1.165, 1.54) is 0 Å². The first-order chi connectivity index (χ1) is 19.6. The Bertz CT molecular complexity index is 1690. The molecule has 0 amide bonds. The summed E-state index contributed by atoms with van der Waals surface area (Å²) in [5.74, 6) is 3.68. The van der Waals surface area contributed by atoms with Crippen LogP contribution >= 0.6 is 0 Å². The van der Waals surface area contributed by atoms with Crippen molar-refractivity contribution < 1.29 is 35.1 Å². The predicted octanol–water partition coefficient (Wildman–Crippen LogP) is 9.23. The largest absolute Gasteiger partial charge is 2.00 e. The van der Waals surface area contributed by atoms with Crippen LogP contribution in [0.3, 0.4) is 0 Å². The van der Waals surface area contributed by atoms with Gasteiger partial charge in [-0.15, -0.1) is 0 Å². The smallest absolute Gasteiger partial charge is 0.624 e. The zero-order chi connectivity index (χ0) is 27.1. The van der Waals surface area contributed by atoms with E-state index in [1.807, 2.05) is 111 Å². The number of hydrogen-bond donors (Lipinski definition) is 0. The maximum atomic E-state index is 5.73. The number of ether oxygens (including phenoxy) is 2. The molecule has 0 unspecified atom stereocenters. The number of rotatable bonds is 2. The minimum atomic E-state index is 0. The van der Waals surface area contributed by atoms with E-state index in [4.69, 9.17) is 18.3 Å². The van der Waals surface area contributed by atoms with Crippen molar-refractivity contribution in [3.8, 4) is 11.5 Å². The minimum absolute atomic E-state index is 0. The summed E-state index contributed by atoms with van der Waals surface area (Å²) in [5, 5.41) is 8.91. The average Bonchev–Trinajstić information content (AvgIpc) is 3.79. The normalized spacial score (nSPS) is 15.3. The third-order valence-electron chi connectivity index (χ3n) is 6.46. The van der Waals surface area contributed by atoms with E-state index in [9.17, 15) is 0 Å². The van der Waals surface area contributed by atoms with E-state index in [-0.39, 0.29) is 16.8 Å². The molecular formula is C32H22CoN4O4. The van der Waals surface area contributed by atoms with Crippen molar-refractivity contribution in [1.82, 2.24) is 9.97 Å². The predicted molar refractivity (Wildman–Crippen MR) is 153 cm³/mol. The van der Waals surface area contributed by atoms with Crippen LogP contribution in [-0.2, 0) is 16.8 Å². The molecule has 0 saturated heterocycles. The van der Waals surface area contributed by atoms with Crippen molar-refractivity contribution in [2.75, 3.05) is 0 Å². The molecule has 2 aliphatic heterocycles. The fraction of sp³-hybridized carbons (Fsp3) is 0.0625. The number of aromatic nitrogens is 2. The minimum Gasteiger partial charge on any atom is -0.624 e. The van der Waals surface area contributed by atoms with Gasteiger partial charge in [-0.05, 0) is 50.2 Å². The van der Waals surface area contributed by atoms with Crippen LogP contribution in [-0.4, -0.2) is 9.97 Å². The molecule has 0 spiro atoms. The van der Waals surface area contributed by atoms with Crippen LogP contribution in [0.5, 0.6) is 11.5 Å². The molecule has 0 N–H and O–H groups in total. The second kappa shape index (κ2) is 10.9. The Morgan fingerprint density at radius 3 is 1.34 bits per heavy atom. The molecule has 41 heavy (non-hydrogen) atoms. The van der Waals surface area contributed by atoms with Crippen LogP contribution in [0.1, 0.15) is 25.6 Å². The molecule has 203 valence electrons. The second-order valence-electron chi connectivity index (χ2n) is 9.20. The van der Waals surface area contributed by atoms with Gasteiger partial charge >= 0.3 is 16.8 Å². The molecule has 0 aliphatic carbocycles. The summed E-state index contributed by atoms with van der Waals surface area (Å²) >= 11 is 0. The van der Waals surface area contributed by atoms with E-state index in [2.05, 4.69) is 20.6 Å². The van der Waals surface area contributed by atoms with Gasteiger partial charge in [-0.2, -0.15) is 0 Å². The van der Waals surface area contributed by atoms with Crippen LogP contribution in [0.2, 0.25) is 0 Å². The zero-order valence-electron chi connectivity index (χ0n) is 22.0. The first-order valence-corrected chi connectivity index (χ1v) is 12.7. The third-order valence-corrected chi connectivity index (χ3v) is 6.46. The Kier molecular flexibility index (Phi) is 6.96. The number of hydrogen-bond acceptors (Lipinski definition) is 6. The molecule has 8 rings (SSSR count). The number of para-hydroxylation sites is 8. The number of nitrogens with zero attached hydrogens (tertiary/aromatic N) is 4. The Labute approximate surface area is 245 Å². The molecule has 9 heteroatoms. The molecule has 0 atom stereocenters. The standard InChI is InChI=1S/2C16H11N2O2.Co/c2*1-10(15-17-11-6-2-4-8-13(11)19-15)16-18-12-7-3-5-9-14(12)20-16;/h2*2-9H,1H3;/q2*-1;+2/b2*15-10+;. The van der Waals surface area contributed by atoms with Gasteiger partial charge in [-0.3, -0.25) is 0 Å². The van der Waals surface area contributed by atoms with Gasteiger partial charge in [0.2, 0.25) is 11.8 Å². The van der Waals surface area contributed by atoms with Crippen LogP contribution in [0.25, 0.3) is 44.0 Å². The molecule has 2 aromatic heterocycles. The van der Waals surface area contributed by atoms with Gasteiger partial charge in [-0.25, -0.2) is 9.97 Å². The van der Waals surface area contributed by atoms with Crippen LogP contribution in [0.15, 0.2) is 118 Å². The van der Waals surface area contributed by atoms with E-state index < -0.39 is 0 Å². The maximum absolute atomic E-state index is 5.73. The summed E-state index contributed by atoms with van der Waals surface area (Å²) < 4.78 is 22.9. The summed E-state index contributed by atoms with van der Waals surface area (Å²) in [7, 11) is 0. The Morgan fingerprint density at radius 1 is 0.537 bits per heavy atom. The number of benzene rings is 4. The summed E-state index contributed by atoms with van der Waals surface area (Å²) in [5.41, 5.74) is 6.43. The number of fused-ring (bicyclic) bond motifs is 4. The van der Waals surface area contributed by atoms with Gasteiger partial charge in [-0.1, -0.05) is 72.0 Å². The van der Waals surface area contributed by atoms with E-state index in [1.54, 1.807) is 0 Å². The Balaban J connectivity index is 0.000000144. The molecule has 0 saturated carbocycles. The topological polar surface area (TPSA) is 98.7 Å². The fourth-order valence-electron chi connectivity index (χ4n) is 4.31. The zero-order valence-corrected chi connectivity index (χ0v) is 23.0. The van der Waals surface area contributed by atoms with Gasteiger partial charge in [0, 0.05) is 22.9 Å². The van der Waals surface area contributed by atoms with Crippen LogP contribution in [0.4, 0.5) is 11.4 Å². The van der Waals surface area contributed by atoms with Crippen LogP contribution in [0, 0.1) is 0 Å². The number of oxazole rings is 2. The van der Waals surface area contributed by atoms with E-state index >= 15 is 0 Å². The second-order valence-corrected chi connectivity index (χ2v) is 9.20. The van der Waals surface area contributed by atoms with E-state index in [0.29, 0.717) is 23.5 Å². The summed E-state index contributed by atoms with van der Waals surface area (Å²) in [4.78, 5) is 8.91. The molecule has 2 aliphatic rings. The monoisotopic (exact) mass is 585 g/mol. The SMILES string of the molecule is C/C(=C1/[N-]c2ccccc2O1)c1nc2ccccc2o1.C/C(=C1/[N-]c2ccccc2O1)c1nc2ccccc2o1.[Co+2]. The molecule has 0 fully saturated rings. The fourth-order valence-corrected chi connectivity index (χ4v) is 4.31. The van der Waals surface area contributed by atoms with Gasteiger partial charge in [0.1, 0.15) is 22.5 Å². The molecule has 4 aromatic carbocycles. The Morgan fingerprint density at radius 2 is 0.927 bits per heavy atom. The van der Waals surface area contributed by atoms with Crippen molar-refractivity contribution in [1.29, 1.82) is 0 Å². The van der Waals surface area contributed by atoms with Crippen molar-refractivity contribution in [3.63, 3.8) is 0 Å². The molecule has 8 nitrogen and oxygen atoms in total. The summed E-state index contributed by atoms with van der Waals surface area (Å²) in [6.07, 6.45) is 0. The van der Waals surface area contributed by atoms with Crippen LogP contribution < -0.4 is 9.47 Å². The van der Waals surface area contributed by atoms with Crippen molar-refractivity contribution in [3.05, 3.63) is 131 Å². The quantitative estimate of drug-likeness (QED) is 0.201. The summed E-state index contributed by atoms with van der Waals surface area (Å²) in [6, 6.07) is 30.7. The third kappa shape index (κ3) is 5.04. The van der Waals surface area contributed by atoms with Crippen molar-refractivity contribution in [2.24, 2.45) is 0 Å². The van der Waals surface area contributed by atoms with E-state index in [0.717, 1.165) is 56.2 Å². The average molecular weight is 585 g/mol.